The molecule has 4 rings (SSSR count). The molecule has 4 atom stereocenters. The number of nitrogens with zero attached hydrogens (tertiary/aromatic N) is 1. The smallest absolute Gasteiger partial charge is 0.390 e. The zero-order valence-electron chi connectivity index (χ0n) is 21.7. The van der Waals surface area contributed by atoms with E-state index in [4.69, 9.17) is 0 Å². The number of nitrogens with one attached hydrogen (secondary N) is 1. The minimum absolute atomic E-state index is 0.226. The van der Waals surface area contributed by atoms with E-state index in [-0.39, 0.29) is 24.1 Å². The number of anilines is 1. The number of alkyl halides is 6. The van der Waals surface area contributed by atoms with Crippen molar-refractivity contribution in [3.8, 4) is 0 Å². The molecule has 0 spiro atoms. The van der Waals surface area contributed by atoms with Crippen molar-refractivity contribution in [1.29, 1.82) is 0 Å². The van der Waals surface area contributed by atoms with Crippen molar-refractivity contribution in [2.75, 3.05) is 4.31 Å². The quantitative estimate of drug-likeness (QED) is 0.364. The normalized spacial score (nSPS) is 23.8. The molecule has 0 aromatic heterocycles. The predicted molar refractivity (Wildman–Crippen MR) is 133 cm³/mol. The molecule has 1 saturated carbocycles. The van der Waals surface area contributed by atoms with E-state index >= 15 is 0 Å². The van der Waals surface area contributed by atoms with Gasteiger partial charge in [-0.3, -0.25) is 9.10 Å². The van der Waals surface area contributed by atoms with E-state index in [1.54, 1.807) is 0 Å². The van der Waals surface area contributed by atoms with Gasteiger partial charge in [-0.1, -0.05) is 12.1 Å². The first-order chi connectivity index (χ1) is 19.4. The first kappa shape index (κ1) is 32.0. The summed E-state index contributed by atoms with van der Waals surface area (Å²) in [5.41, 5.74) is -7.40. The molecule has 42 heavy (non-hydrogen) atoms. The van der Waals surface area contributed by atoms with Crippen LogP contribution >= 0.6 is 0 Å². The highest BCUT2D eigenvalue weighted by Crippen LogP contribution is 2.51. The molecular weight excluding hydrogens is 601 g/mol. The fourth-order valence-corrected chi connectivity index (χ4v) is 7.09. The minimum atomic E-state index is -6.16. The number of amides is 1. The number of benzene rings is 2. The average molecular weight is 629 g/mol. The first-order valence-corrected chi connectivity index (χ1v) is 14.3. The summed E-state index contributed by atoms with van der Waals surface area (Å²) < 4.78 is 123. The van der Waals surface area contributed by atoms with Crippen molar-refractivity contribution < 1.29 is 59.3 Å². The van der Waals surface area contributed by atoms with Gasteiger partial charge in [0.1, 0.15) is 5.82 Å². The Labute approximate surface area is 235 Å². The maximum atomic E-state index is 13.7. The Kier molecular flexibility index (Phi) is 8.59. The van der Waals surface area contributed by atoms with E-state index in [0.717, 1.165) is 24.3 Å². The fourth-order valence-electron chi connectivity index (χ4n) is 5.37. The van der Waals surface area contributed by atoms with Crippen LogP contribution in [0.5, 0.6) is 0 Å². The highest BCUT2D eigenvalue weighted by molar-refractivity contribution is 7.92. The molecule has 0 saturated heterocycles. The van der Waals surface area contributed by atoms with Crippen LogP contribution in [0.15, 0.2) is 47.4 Å². The molecule has 232 valence electrons. The number of hydrogen-bond donors (Lipinski definition) is 4. The summed E-state index contributed by atoms with van der Waals surface area (Å²) in [7, 11) is -4.65. The van der Waals surface area contributed by atoms with Crippen molar-refractivity contribution in [3.05, 3.63) is 59.4 Å². The molecule has 0 bridgehead atoms. The number of aliphatic hydroxyl groups is 3. The van der Waals surface area contributed by atoms with E-state index in [0.29, 0.717) is 41.8 Å². The molecule has 16 heteroatoms. The number of carbonyl (C=O) groups is 1. The van der Waals surface area contributed by atoms with E-state index in [2.05, 4.69) is 5.32 Å². The lowest BCUT2D eigenvalue weighted by Crippen LogP contribution is -2.54. The van der Waals surface area contributed by atoms with E-state index in [9.17, 15) is 59.3 Å². The Bertz CT molecular complexity index is 1400. The number of aryl methyl sites for hydroxylation is 1. The summed E-state index contributed by atoms with van der Waals surface area (Å²) in [4.78, 5) is 12.5. The summed E-state index contributed by atoms with van der Waals surface area (Å²) in [5.74, 6) is -1.50. The van der Waals surface area contributed by atoms with Crippen LogP contribution in [0.3, 0.4) is 0 Å². The van der Waals surface area contributed by atoms with Crippen LogP contribution in [0.2, 0.25) is 0 Å². The Morgan fingerprint density at radius 3 is 2.17 bits per heavy atom. The van der Waals surface area contributed by atoms with Gasteiger partial charge in [0.15, 0.2) is 0 Å². The Balaban J connectivity index is 1.75. The van der Waals surface area contributed by atoms with Crippen molar-refractivity contribution >= 4 is 21.6 Å². The lowest BCUT2D eigenvalue weighted by Gasteiger charge is -2.39. The third kappa shape index (κ3) is 5.81. The summed E-state index contributed by atoms with van der Waals surface area (Å²) in [5, 5.41) is 32.5. The van der Waals surface area contributed by atoms with Crippen molar-refractivity contribution in [1.82, 2.24) is 5.32 Å². The van der Waals surface area contributed by atoms with E-state index < -0.39 is 80.9 Å². The number of fused-ring (bicyclic) bond motifs is 1. The molecule has 2 aromatic rings. The molecule has 2 aromatic carbocycles. The van der Waals surface area contributed by atoms with Gasteiger partial charge in [-0.2, -0.15) is 26.3 Å². The maximum Gasteiger partial charge on any atom is 0.430 e. The zero-order valence-corrected chi connectivity index (χ0v) is 22.5. The van der Waals surface area contributed by atoms with Gasteiger partial charge >= 0.3 is 12.4 Å². The molecule has 4 N–H and O–H groups in total. The molecule has 0 radical (unpaired) electrons. The Hall–Kier alpha value is -2.95. The fraction of sp³-hybridized carbons (Fsp3) is 0.500. The van der Waals surface area contributed by atoms with Gasteiger partial charge in [0, 0.05) is 12.0 Å². The number of halogens is 7. The van der Waals surface area contributed by atoms with Gasteiger partial charge < -0.3 is 20.6 Å². The van der Waals surface area contributed by atoms with Crippen LogP contribution in [-0.2, 0) is 26.8 Å². The van der Waals surface area contributed by atoms with Gasteiger partial charge in [0.2, 0.25) is 5.91 Å². The molecule has 1 amide bonds. The molecule has 1 heterocycles. The topological polar surface area (TPSA) is 127 Å². The van der Waals surface area contributed by atoms with Gasteiger partial charge in [-0.15, -0.1) is 0 Å². The molecule has 8 nitrogen and oxygen atoms in total. The van der Waals surface area contributed by atoms with Crippen molar-refractivity contribution in [3.63, 3.8) is 0 Å². The molecule has 1 fully saturated rings. The second kappa shape index (κ2) is 11.3. The van der Waals surface area contributed by atoms with Crippen molar-refractivity contribution in [2.45, 2.75) is 85.7 Å². The average Bonchev–Trinajstić information content (AvgIpc) is 2.89. The second-order valence-corrected chi connectivity index (χ2v) is 12.2. The van der Waals surface area contributed by atoms with Crippen LogP contribution in [0, 0.1) is 5.82 Å². The molecule has 1 aliphatic heterocycles. The van der Waals surface area contributed by atoms with Crippen LogP contribution < -0.4 is 9.62 Å². The number of sulfonamides is 1. The highest BCUT2D eigenvalue weighted by atomic mass is 32.2. The molecule has 1 aliphatic carbocycles. The highest BCUT2D eigenvalue weighted by Gasteiger charge is 2.71. The molecule has 2 aliphatic rings. The largest absolute Gasteiger partial charge is 0.430 e. The van der Waals surface area contributed by atoms with E-state index in [1.165, 1.54) is 0 Å². The van der Waals surface area contributed by atoms with Gasteiger partial charge in [-0.05, 0) is 68.0 Å². The van der Waals surface area contributed by atoms with Gasteiger partial charge in [0.25, 0.3) is 15.6 Å². The number of carbonyl (C=O) groups excluding carboxylic acids is 1. The van der Waals surface area contributed by atoms with Crippen molar-refractivity contribution in [2.24, 2.45) is 0 Å². The van der Waals surface area contributed by atoms with Gasteiger partial charge in [-0.25, -0.2) is 12.8 Å². The Morgan fingerprint density at radius 1 is 0.952 bits per heavy atom. The summed E-state index contributed by atoms with van der Waals surface area (Å²) in [6.45, 7) is 0. The van der Waals surface area contributed by atoms with Crippen LogP contribution in [-0.4, -0.2) is 66.3 Å². The lowest BCUT2D eigenvalue weighted by atomic mass is 9.87. The minimum Gasteiger partial charge on any atom is -0.390 e. The number of aliphatic hydroxyl groups excluding tert-OH is 2. The van der Waals surface area contributed by atoms with E-state index in [1.807, 2.05) is 0 Å². The van der Waals surface area contributed by atoms with Gasteiger partial charge in [0.05, 0.1) is 34.9 Å². The maximum absolute atomic E-state index is 13.7. The third-order valence-electron chi connectivity index (χ3n) is 7.59. The lowest BCUT2D eigenvalue weighted by molar-refractivity contribution is -0.376. The number of rotatable bonds is 6. The standard InChI is InChI=1S/C26H27F7N2O6S/c27-16-6-9-18(10-7-16)42(40,41)35-17(13-22(37)34-19-2-1-3-21(36)23(19)38)8-4-14-12-15(5-11-20(14)35)24(39,25(28,29)30)26(31,32)33/h5-7,9-12,17,19,21,23,36,38-39H,1-4,8,13H2,(H,34,37)/t17-,19+,21?,23-/m0/s1. The molecular formula is C26H27F7N2O6S. The molecule has 1 unspecified atom stereocenters. The zero-order chi connectivity index (χ0) is 31.3. The van der Waals surface area contributed by atoms with Crippen LogP contribution in [0.4, 0.5) is 36.4 Å². The number of hydrogen-bond acceptors (Lipinski definition) is 6. The first-order valence-electron chi connectivity index (χ1n) is 12.8. The summed E-state index contributed by atoms with van der Waals surface area (Å²) >= 11 is 0. The van der Waals surface area contributed by atoms with Crippen LogP contribution in [0.1, 0.15) is 43.2 Å². The monoisotopic (exact) mass is 628 g/mol. The summed E-state index contributed by atoms with van der Waals surface area (Å²) in [6.07, 6.45) is -14.5. The third-order valence-corrected chi connectivity index (χ3v) is 9.47. The Morgan fingerprint density at radius 2 is 1.57 bits per heavy atom. The summed E-state index contributed by atoms with van der Waals surface area (Å²) in [6, 6.07) is 2.93. The second-order valence-electron chi connectivity index (χ2n) is 10.4. The van der Waals surface area contributed by atoms with Crippen LogP contribution in [0.25, 0.3) is 0 Å². The SMILES string of the molecule is O=C(C[C@@H]1CCc2cc(C(O)(C(F)(F)F)C(F)(F)F)ccc2N1S(=O)(=O)c1ccc(F)cc1)N[C@@H]1CCCC(O)[C@H]1O. The predicted octanol–water partition coefficient (Wildman–Crippen LogP) is 3.43.